The number of alkyl halides is 2. The molecule has 0 fully saturated rings. The fraction of sp³-hybridized carbons (Fsp3) is 0.300. The maximum absolute atomic E-state index is 12.2. The van der Waals surface area contributed by atoms with Crippen LogP contribution >= 0.6 is 11.6 Å². The number of hydrogen-bond acceptors (Lipinski definition) is 3. The molecule has 5 heteroatoms. The third-order valence-electron chi connectivity index (χ3n) is 3.57. The molecule has 0 saturated heterocycles. The van der Waals surface area contributed by atoms with Crippen LogP contribution in [0.2, 0.25) is 0 Å². The highest BCUT2D eigenvalue weighted by molar-refractivity contribution is 6.17. The molecule has 3 nitrogen and oxygen atoms in total. The van der Waals surface area contributed by atoms with E-state index >= 15 is 0 Å². The van der Waals surface area contributed by atoms with Crippen LogP contribution in [-0.4, -0.2) is 37.0 Å². The molecule has 0 radical (unpaired) electrons. The van der Waals surface area contributed by atoms with Gasteiger partial charge in [-0.3, -0.25) is 0 Å². The number of aliphatic hydroxyl groups is 1. The largest absolute Gasteiger partial charge is 0.494 e. The molecule has 25 heavy (non-hydrogen) atoms. The number of benzene rings is 2. The van der Waals surface area contributed by atoms with Crippen molar-refractivity contribution in [1.82, 2.24) is 0 Å². The van der Waals surface area contributed by atoms with Gasteiger partial charge in [-0.15, -0.1) is 11.6 Å². The van der Waals surface area contributed by atoms with Gasteiger partial charge in [0.2, 0.25) is 0 Å². The minimum Gasteiger partial charge on any atom is -0.494 e. The second-order valence-corrected chi connectivity index (χ2v) is 5.92. The Hall–Kier alpha value is -2.04. The highest BCUT2D eigenvalue weighted by Gasteiger charge is 2.06. The lowest BCUT2D eigenvalue weighted by atomic mass is 9.99. The average molecular weight is 365 g/mol. The second-order valence-electron chi connectivity index (χ2n) is 5.54. The third kappa shape index (κ3) is 6.07. The second kappa shape index (κ2) is 10.1. The van der Waals surface area contributed by atoms with Crippen molar-refractivity contribution >= 4 is 17.2 Å². The standard InChI is InChI=1S/C20H22ClFO3/c1-15(16-3-7-19(8-4-16)24-12-2-11-21)17-5-9-20(10-6-17)25-14-18(23)13-22/h3-10,18,23H,1-2,11-14H2. The average Bonchev–Trinajstić information content (AvgIpc) is 2.66. The van der Waals surface area contributed by atoms with E-state index in [1.165, 1.54) is 0 Å². The molecule has 0 aromatic heterocycles. The summed E-state index contributed by atoms with van der Waals surface area (Å²) in [6.07, 6.45) is -0.285. The number of halogens is 2. The van der Waals surface area contributed by atoms with Crippen LogP contribution in [0, 0.1) is 0 Å². The number of aliphatic hydroxyl groups excluding tert-OH is 1. The normalized spacial score (nSPS) is 11.8. The summed E-state index contributed by atoms with van der Waals surface area (Å²) >= 11 is 5.63. The molecular weight excluding hydrogens is 343 g/mol. The predicted molar refractivity (Wildman–Crippen MR) is 99.3 cm³/mol. The summed E-state index contributed by atoms with van der Waals surface area (Å²) < 4.78 is 23.1. The number of hydrogen-bond donors (Lipinski definition) is 1. The Kier molecular flexibility index (Phi) is 7.76. The van der Waals surface area contributed by atoms with Crippen molar-refractivity contribution in [3.8, 4) is 11.5 Å². The van der Waals surface area contributed by atoms with Crippen molar-refractivity contribution < 1.29 is 19.0 Å². The van der Waals surface area contributed by atoms with E-state index in [1.807, 2.05) is 36.4 Å². The summed E-state index contributed by atoms with van der Waals surface area (Å²) in [5, 5.41) is 9.17. The molecule has 0 saturated carbocycles. The highest BCUT2D eigenvalue weighted by Crippen LogP contribution is 2.25. The van der Waals surface area contributed by atoms with Crippen molar-refractivity contribution in [3.63, 3.8) is 0 Å². The van der Waals surface area contributed by atoms with Gasteiger partial charge in [-0.2, -0.15) is 0 Å². The van der Waals surface area contributed by atoms with Gasteiger partial charge in [-0.1, -0.05) is 30.8 Å². The molecule has 134 valence electrons. The first-order valence-corrected chi connectivity index (χ1v) is 8.63. The Morgan fingerprint density at radius 2 is 1.52 bits per heavy atom. The molecule has 2 aromatic carbocycles. The van der Waals surface area contributed by atoms with Gasteiger partial charge in [0.1, 0.15) is 30.9 Å². The van der Waals surface area contributed by atoms with Gasteiger partial charge in [0, 0.05) is 5.88 Å². The van der Waals surface area contributed by atoms with E-state index < -0.39 is 12.8 Å². The van der Waals surface area contributed by atoms with Crippen LogP contribution in [0.15, 0.2) is 55.1 Å². The zero-order valence-electron chi connectivity index (χ0n) is 14.0. The summed E-state index contributed by atoms with van der Waals surface area (Å²) in [6.45, 7) is 3.84. The predicted octanol–water partition coefficient (Wildman–Crippen LogP) is 4.47. The van der Waals surface area contributed by atoms with Crippen LogP contribution < -0.4 is 9.47 Å². The molecule has 2 rings (SSSR count). The minimum absolute atomic E-state index is 0.0675. The van der Waals surface area contributed by atoms with Crippen LogP contribution in [0.4, 0.5) is 4.39 Å². The van der Waals surface area contributed by atoms with E-state index in [0.717, 1.165) is 28.9 Å². The SMILES string of the molecule is C=C(c1ccc(OCCCCl)cc1)c1ccc(OCC(O)CF)cc1. The molecule has 0 aliphatic rings. The van der Waals surface area contributed by atoms with Crippen molar-refractivity contribution in [2.24, 2.45) is 0 Å². The van der Waals surface area contributed by atoms with E-state index in [-0.39, 0.29) is 6.61 Å². The smallest absolute Gasteiger partial charge is 0.119 e. The van der Waals surface area contributed by atoms with Crippen LogP contribution in [-0.2, 0) is 0 Å². The summed E-state index contributed by atoms with van der Waals surface area (Å²) in [5.41, 5.74) is 2.82. The van der Waals surface area contributed by atoms with Gasteiger partial charge in [0.25, 0.3) is 0 Å². The van der Waals surface area contributed by atoms with Gasteiger partial charge >= 0.3 is 0 Å². The van der Waals surface area contributed by atoms with Crippen molar-refractivity contribution in [3.05, 3.63) is 66.2 Å². The van der Waals surface area contributed by atoms with Crippen LogP contribution in [0.25, 0.3) is 5.57 Å². The van der Waals surface area contributed by atoms with Crippen LogP contribution in [0.5, 0.6) is 11.5 Å². The topological polar surface area (TPSA) is 38.7 Å². The Bertz CT molecular complexity index is 656. The lowest BCUT2D eigenvalue weighted by Crippen LogP contribution is -2.19. The highest BCUT2D eigenvalue weighted by atomic mass is 35.5. The van der Waals surface area contributed by atoms with Gasteiger partial charge < -0.3 is 14.6 Å². The summed E-state index contributed by atoms with van der Waals surface area (Å²) in [7, 11) is 0. The third-order valence-corrected chi connectivity index (χ3v) is 3.84. The van der Waals surface area contributed by atoms with Gasteiger partial charge in [-0.05, 0) is 47.4 Å². The molecule has 0 aliphatic heterocycles. The van der Waals surface area contributed by atoms with Crippen molar-refractivity contribution in [2.75, 3.05) is 25.8 Å². The van der Waals surface area contributed by atoms with Crippen LogP contribution in [0.3, 0.4) is 0 Å². The molecule has 2 aromatic rings. The van der Waals surface area contributed by atoms with E-state index in [0.29, 0.717) is 18.2 Å². The van der Waals surface area contributed by atoms with Crippen molar-refractivity contribution in [1.29, 1.82) is 0 Å². The molecule has 1 N–H and O–H groups in total. The molecule has 0 amide bonds. The van der Waals surface area contributed by atoms with Crippen LogP contribution in [0.1, 0.15) is 17.5 Å². The molecule has 1 atom stereocenters. The first-order valence-electron chi connectivity index (χ1n) is 8.09. The first-order chi connectivity index (χ1) is 12.1. The van der Waals surface area contributed by atoms with E-state index in [4.69, 9.17) is 21.1 Å². The Labute approximate surface area is 152 Å². The molecule has 0 heterocycles. The fourth-order valence-electron chi connectivity index (χ4n) is 2.15. The summed E-state index contributed by atoms with van der Waals surface area (Å²) in [6, 6.07) is 15.0. The molecule has 1 unspecified atom stereocenters. The Morgan fingerprint density at radius 1 is 1.00 bits per heavy atom. The van der Waals surface area contributed by atoms with E-state index in [9.17, 15) is 9.50 Å². The van der Waals surface area contributed by atoms with E-state index in [2.05, 4.69) is 6.58 Å². The molecular formula is C20H22ClFO3. The Balaban J connectivity index is 1.95. The number of ether oxygens (including phenoxy) is 2. The molecule has 0 spiro atoms. The minimum atomic E-state index is -1.10. The number of rotatable bonds is 10. The lowest BCUT2D eigenvalue weighted by Gasteiger charge is -2.11. The zero-order valence-corrected chi connectivity index (χ0v) is 14.7. The van der Waals surface area contributed by atoms with Gasteiger partial charge in [0.15, 0.2) is 0 Å². The molecule has 0 bridgehead atoms. The van der Waals surface area contributed by atoms with Gasteiger partial charge in [0.05, 0.1) is 6.61 Å². The fourth-order valence-corrected chi connectivity index (χ4v) is 2.26. The van der Waals surface area contributed by atoms with E-state index in [1.54, 1.807) is 12.1 Å². The Morgan fingerprint density at radius 3 is 2.00 bits per heavy atom. The zero-order chi connectivity index (χ0) is 18.1. The summed E-state index contributed by atoms with van der Waals surface area (Å²) in [4.78, 5) is 0. The first kappa shape index (κ1) is 19.3. The molecule has 0 aliphatic carbocycles. The quantitative estimate of drug-likeness (QED) is 0.499. The maximum Gasteiger partial charge on any atom is 0.119 e. The lowest BCUT2D eigenvalue weighted by molar-refractivity contribution is 0.0842. The van der Waals surface area contributed by atoms with Crippen molar-refractivity contribution in [2.45, 2.75) is 12.5 Å². The maximum atomic E-state index is 12.2. The monoisotopic (exact) mass is 364 g/mol. The van der Waals surface area contributed by atoms with Gasteiger partial charge in [-0.25, -0.2) is 4.39 Å². The summed E-state index contributed by atoms with van der Waals surface area (Å²) in [5.74, 6) is 1.96.